The van der Waals surface area contributed by atoms with Crippen LogP contribution in [0.3, 0.4) is 0 Å². The summed E-state index contributed by atoms with van der Waals surface area (Å²) in [4.78, 5) is 23.3. The van der Waals surface area contributed by atoms with E-state index in [1.165, 1.54) is 0 Å². The molecule has 30 heavy (non-hydrogen) atoms. The van der Waals surface area contributed by atoms with Gasteiger partial charge in [-0.2, -0.15) is 8.78 Å². The molecule has 0 aliphatic heterocycles. The van der Waals surface area contributed by atoms with Gasteiger partial charge in [0.1, 0.15) is 11.3 Å². The van der Waals surface area contributed by atoms with E-state index in [1.807, 2.05) is 67.8 Å². The lowest BCUT2D eigenvalue weighted by Crippen LogP contribution is -2.24. The number of ether oxygens (including phenoxy) is 1. The molecular weight excluding hydrogens is 753 g/mol. The Balaban J connectivity index is 2.40. The van der Waals surface area contributed by atoms with Gasteiger partial charge in [-0.3, -0.25) is 4.79 Å². The second-order valence-electron chi connectivity index (χ2n) is 5.98. The number of hydrogen-bond acceptors (Lipinski definition) is 4. The first-order valence-corrected chi connectivity index (χ1v) is 11.3. The van der Waals surface area contributed by atoms with Gasteiger partial charge in [-0.05, 0) is 92.2 Å². The Morgan fingerprint density at radius 2 is 1.57 bits per heavy atom. The molecule has 0 radical (unpaired) electrons. The van der Waals surface area contributed by atoms with Crippen molar-refractivity contribution in [2.75, 3.05) is 0 Å². The molecule has 162 valence electrons. The topological polar surface area (TPSA) is 83.8 Å². The van der Waals surface area contributed by atoms with E-state index in [1.54, 1.807) is 13.0 Å². The van der Waals surface area contributed by atoms with Gasteiger partial charge in [0.15, 0.2) is 11.6 Å². The molecule has 0 aromatic heterocycles. The Labute approximate surface area is 208 Å². The molecule has 0 saturated carbocycles. The molecule has 0 heterocycles. The van der Waals surface area contributed by atoms with Gasteiger partial charge in [-0.1, -0.05) is 6.92 Å². The molecule has 0 fully saturated rings. The van der Waals surface area contributed by atoms with Crippen molar-refractivity contribution in [1.82, 2.24) is 0 Å². The first-order chi connectivity index (χ1) is 13.9. The Bertz CT molecular complexity index is 1020. The summed E-state index contributed by atoms with van der Waals surface area (Å²) in [5, 5.41) is 18.8. The zero-order valence-electron chi connectivity index (χ0n) is 14.8. The molecule has 0 saturated heterocycles. The number of aromatic carboxylic acids is 1. The minimum absolute atomic E-state index is 0.0142. The van der Waals surface area contributed by atoms with E-state index in [0.29, 0.717) is 12.7 Å². The lowest BCUT2D eigenvalue weighted by molar-refractivity contribution is -0.139. The van der Waals surface area contributed by atoms with Crippen LogP contribution in [0.2, 0.25) is 0 Å². The third-order valence-electron chi connectivity index (χ3n) is 4.16. The van der Waals surface area contributed by atoms with Crippen LogP contribution in [0.1, 0.15) is 29.3 Å². The van der Waals surface area contributed by atoms with Crippen LogP contribution in [0, 0.1) is 39.9 Å². The van der Waals surface area contributed by atoms with E-state index in [9.17, 15) is 32.3 Å². The van der Waals surface area contributed by atoms with Gasteiger partial charge in [0.05, 0.1) is 13.1 Å². The average molecular weight is 764 g/mol. The van der Waals surface area contributed by atoms with Crippen molar-refractivity contribution in [3.8, 4) is 11.5 Å². The third-order valence-corrected chi connectivity index (χ3v) is 7.10. The van der Waals surface area contributed by atoms with Crippen molar-refractivity contribution < 1.29 is 42.1 Å². The second-order valence-corrected chi connectivity index (χ2v) is 9.38. The van der Waals surface area contributed by atoms with Crippen LogP contribution >= 0.6 is 67.8 Å². The lowest BCUT2D eigenvalue weighted by Gasteiger charge is -2.18. The minimum Gasteiger partial charge on any atom is -0.506 e. The summed E-state index contributed by atoms with van der Waals surface area (Å²) >= 11 is 5.84. The summed E-state index contributed by atoms with van der Waals surface area (Å²) in [7, 11) is 0. The van der Waals surface area contributed by atoms with E-state index in [-0.39, 0.29) is 18.6 Å². The van der Waals surface area contributed by atoms with Gasteiger partial charge in [0, 0.05) is 3.57 Å². The summed E-state index contributed by atoms with van der Waals surface area (Å²) in [6.45, 7) is 1.60. The zero-order valence-corrected chi connectivity index (χ0v) is 21.3. The highest BCUT2D eigenvalue weighted by Crippen LogP contribution is 2.35. The number of phenolic OH excluding ortho intramolecular Hbond substituents is 1. The Hall–Kier alpha value is -0.910. The molecule has 2 aromatic carbocycles. The molecule has 1 atom stereocenters. The molecule has 1 unspecified atom stereocenters. The van der Waals surface area contributed by atoms with Crippen molar-refractivity contribution in [1.29, 1.82) is 0 Å². The standard InChI is InChI=1S/C18H11F4I3O5/c1-2-5(3-6-7(23)4-8(24)15(26)14(6)25)18(29)30-16-12(21)10(19)9(17(27)28)11(20)13(16)22/h4-5,26H,2-3H2,1H3,(H,27,28). The monoisotopic (exact) mass is 764 g/mol. The summed E-state index contributed by atoms with van der Waals surface area (Å²) in [6.07, 6.45) is 0.178. The fourth-order valence-electron chi connectivity index (χ4n) is 2.52. The van der Waals surface area contributed by atoms with Gasteiger partial charge in [0.25, 0.3) is 0 Å². The Kier molecular flexibility index (Phi) is 8.57. The van der Waals surface area contributed by atoms with E-state index < -0.39 is 52.4 Å². The van der Waals surface area contributed by atoms with Crippen LogP contribution in [0.25, 0.3) is 0 Å². The van der Waals surface area contributed by atoms with Gasteiger partial charge >= 0.3 is 11.9 Å². The summed E-state index contributed by atoms with van der Waals surface area (Å²) in [5.41, 5.74) is -1.23. The first kappa shape index (κ1) is 25.4. The van der Waals surface area contributed by atoms with Crippen molar-refractivity contribution in [3.63, 3.8) is 0 Å². The van der Waals surface area contributed by atoms with Crippen molar-refractivity contribution >= 4 is 79.7 Å². The van der Waals surface area contributed by atoms with Crippen LogP contribution in [-0.2, 0) is 11.2 Å². The number of aromatic hydroxyl groups is 1. The number of carboxylic acids is 1. The molecule has 2 N–H and O–H groups in total. The number of esters is 1. The van der Waals surface area contributed by atoms with Crippen LogP contribution < -0.4 is 4.74 Å². The molecule has 0 bridgehead atoms. The maximum absolute atomic E-state index is 14.1. The van der Waals surface area contributed by atoms with Gasteiger partial charge in [-0.15, -0.1) is 0 Å². The van der Waals surface area contributed by atoms with E-state index >= 15 is 0 Å². The normalized spacial score (nSPS) is 12.0. The highest BCUT2D eigenvalue weighted by atomic mass is 127. The maximum atomic E-state index is 14.1. The Morgan fingerprint density at radius 1 is 1.03 bits per heavy atom. The quantitative estimate of drug-likeness (QED) is 0.131. The van der Waals surface area contributed by atoms with Crippen molar-refractivity contribution in [2.45, 2.75) is 19.8 Å². The lowest BCUT2D eigenvalue weighted by atomic mass is 9.97. The number of carbonyl (C=O) groups excluding carboxylic acids is 1. The molecule has 0 aliphatic carbocycles. The summed E-state index contributed by atoms with van der Waals surface area (Å²) < 4.78 is 62.2. The number of rotatable bonds is 6. The molecule has 0 amide bonds. The van der Waals surface area contributed by atoms with Gasteiger partial charge in [-0.25, -0.2) is 13.6 Å². The van der Waals surface area contributed by atoms with E-state index in [0.717, 1.165) is 3.57 Å². The summed E-state index contributed by atoms with van der Waals surface area (Å²) in [5.74, 6) is -14.6. The fraction of sp³-hybridized carbons (Fsp3) is 0.222. The predicted octanol–water partition coefficient (Wildman–Crippen LogP) is 5.63. The minimum atomic E-state index is -2.21. The predicted molar refractivity (Wildman–Crippen MR) is 123 cm³/mol. The molecule has 12 heteroatoms. The van der Waals surface area contributed by atoms with Gasteiger partial charge < -0.3 is 14.9 Å². The molecule has 2 aromatic rings. The largest absolute Gasteiger partial charge is 0.506 e. The first-order valence-electron chi connectivity index (χ1n) is 8.08. The number of hydrogen-bond donors (Lipinski definition) is 2. The second kappa shape index (κ2) is 10.1. The summed E-state index contributed by atoms with van der Waals surface area (Å²) in [6, 6.07) is 1.68. The number of benzene rings is 2. The zero-order chi connectivity index (χ0) is 22.9. The SMILES string of the molecule is CCC(Cc1c(I)cc(I)c(O)c1I)C(=O)Oc1c(F)c(F)c(C(=O)O)c(F)c1F. The number of carbonyl (C=O) groups is 2. The van der Waals surface area contributed by atoms with Crippen LogP contribution in [0.4, 0.5) is 17.6 Å². The van der Waals surface area contributed by atoms with Crippen LogP contribution in [0.15, 0.2) is 6.07 Å². The molecular formula is C18H11F4I3O5. The molecule has 0 aliphatic rings. The maximum Gasteiger partial charge on any atom is 0.341 e. The molecule has 5 nitrogen and oxygen atoms in total. The smallest absolute Gasteiger partial charge is 0.341 e. The number of phenols is 1. The number of halogens is 7. The van der Waals surface area contributed by atoms with E-state index in [4.69, 9.17) is 5.11 Å². The van der Waals surface area contributed by atoms with Gasteiger partial charge in [0.2, 0.25) is 17.4 Å². The fourth-order valence-corrected chi connectivity index (χ4v) is 6.33. The highest BCUT2D eigenvalue weighted by molar-refractivity contribution is 14.1. The van der Waals surface area contributed by atoms with Crippen LogP contribution in [0.5, 0.6) is 11.5 Å². The number of carboxylic acid groups (broad SMARTS) is 1. The van der Waals surface area contributed by atoms with Crippen LogP contribution in [-0.4, -0.2) is 22.2 Å². The Morgan fingerprint density at radius 3 is 2.03 bits per heavy atom. The van der Waals surface area contributed by atoms with Crippen molar-refractivity contribution in [3.05, 3.63) is 51.2 Å². The highest BCUT2D eigenvalue weighted by Gasteiger charge is 2.33. The average Bonchev–Trinajstić information content (AvgIpc) is 2.68. The third kappa shape index (κ3) is 4.94. The molecule has 0 spiro atoms. The van der Waals surface area contributed by atoms with E-state index in [2.05, 4.69) is 4.74 Å². The van der Waals surface area contributed by atoms with Crippen molar-refractivity contribution in [2.24, 2.45) is 5.92 Å². The molecule has 2 rings (SSSR count).